The Hall–Kier alpha value is -3.11. The van der Waals surface area contributed by atoms with Gasteiger partial charge in [-0.25, -0.2) is 9.79 Å². The molecule has 0 amide bonds. The number of hydrogen-bond donors (Lipinski definition) is 0. The van der Waals surface area contributed by atoms with Gasteiger partial charge in [0.05, 0.1) is 32.9 Å². The normalized spacial score (nSPS) is 15.0. The first-order valence-electron chi connectivity index (χ1n) is 12.8. The molecule has 0 bridgehead atoms. The van der Waals surface area contributed by atoms with E-state index >= 15 is 0 Å². The first kappa shape index (κ1) is 29.4. The van der Waals surface area contributed by atoms with Crippen LogP contribution in [0, 0.1) is 0 Å². The molecule has 6 nitrogen and oxygen atoms in total. The van der Waals surface area contributed by atoms with Gasteiger partial charge in [0.15, 0.2) is 4.80 Å². The van der Waals surface area contributed by atoms with Crippen LogP contribution in [0.4, 0.5) is 0 Å². The van der Waals surface area contributed by atoms with Crippen LogP contribution < -0.4 is 19.6 Å². The molecule has 0 saturated carbocycles. The maximum absolute atomic E-state index is 13.9. The molecule has 1 aromatic heterocycles. The lowest BCUT2D eigenvalue weighted by molar-refractivity contribution is -0.139. The van der Waals surface area contributed by atoms with Gasteiger partial charge >= 0.3 is 5.97 Å². The number of nitrogens with zero attached hydrogens (tertiary/aromatic N) is 2. The summed E-state index contributed by atoms with van der Waals surface area (Å²) in [4.78, 5) is 33.2. The Morgan fingerprint density at radius 2 is 1.88 bits per heavy atom. The van der Waals surface area contributed by atoms with E-state index in [-0.39, 0.29) is 12.2 Å². The lowest BCUT2D eigenvalue weighted by atomic mass is 9.96. The molecular weight excluding hydrogens is 644 g/mol. The van der Waals surface area contributed by atoms with E-state index in [4.69, 9.17) is 21.1 Å². The van der Waals surface area contributed by atoms with E-state index < -0.39 is 12.0 Å². The summed E-state index contributed by atoms with van der Waals surface area (Å²) in [6.45, 7) is 4.17. The number of thiazole rings is 1. The molecule has 210 valence electrons. The third kappa shape index (κ3) is 6.38. The van der Waals surface area contributed by atoms with Crippen molar-refractivity contribution in [2.75, 3.05) is 12.9 Å². The predicted molar refractivity (Wildman–Crippen MR) is 169 cm³/mol. The van der Waals surface area contributed by atoms with Crippen LogP contribution in [0.3, 0.4) is 0 Å². The second kappa shape index (κ2) is 12.8. The Morgan fingerprint density at radius 3 is 2.54 bits per heavy atom. The van der Waals surface area contributed by atoms with Gasteiger partial charge in [-0.1, -0.05) is 53.3 Å². The fourth-order valence-corrected chi connectivity index (χ4v) is 6.60. The molecule has 3 aromatic carbocycles. The molecule has 0 N–H and O–H groups in total. The minimum absolute atomic E-state index is 0.221. The summed E-state index contributed by atoms with van der Waals surface area (Å²) < 4.78 is 14.2. The Balaban J connectivity index is 1.51. The van der Waals surface area contributed by atoms with Gasteiger partial charge in [-0.2, -0.15) is 0 Å². The van der Waals surface area contributed by atoms with Crippen molar-refractivity contribution >= 4 is 62.7 Å². The number of allylic oxidation sites excluding steroid dienone is 1. The number of carbonyl (C=O) groups excluding carboxylic acids is 1. The van der Waals surface area contributed by atoms with Crippen LogP contribution in [-0.4, -0.2) is 23.4 Å². The van der Waals surface area contributed by atoms with Gasteiger partial charge in [-0.05, 0) is 95.2 Å². The number of aromatic nitrogens is 1. The molecule has 4 aromatic rings. The van der Waals surface area contributed by atoms with Gasteiger partial charge in [0, 0.05) is 9.92 Å². The number of hydrogen-bond acceptors (Lipinski definition) is 7. The van der Waals surface area contributed by atoms with E-state index in [1.54, 1.807) is 30.2 Å². The van der Waals surface area contributed by atoms with E-state index in [2.05, 4.69) is 20.9 Å². The Kier molecular flexibility index (Phi) is 9.19. The van der Waals surface area contributed by atoms with Gasteiger partial charge in [-0.15, -0.1) is 11.8 Å². The van der Waals surface area contributed by atoms with E-state index in [0.29, 0.717) is 38.0 Å². The van der Waals surface area contributed by atoms with Crippen molar-refractivity contribution in [1.29, 1.82) is 0 Å². The lowest BCUT2D eigenvalue weighted by Crippen LogP contribution is -2.39. The largest absolute Gasteiger partial charge is 0.488 e. The third-order valence-corrected chi connectivity index (χ3v) is 9.11. The molecule has 0 radical (unpaired) electrons. The van der Waals surface area contributed by atoms with Gasteiger partial charge in [0.25, 0.3) is 5.56 Å². The Morgan fingerprint density at radius 1 is 1.15 bits per heavy atom. The van der Waals surface area contributed by atoms with Gasteiger partial charge in [-0.3, -0.25) is 9.36 Å². The first-order chi connectivity index (χ1) is 19.8. The highest BCUT2D eigenvalue weighted by molar-refractivity contribution is 9.10. The summed E-state index contributed by atoms with van der Waals surface area (Å²) in [5, 5.41) is 0.677. The van der Waals surface area contributed by atoms with Crippen molar-refractivity contribution in [3.8, 4) is 5.75 Å². The summed E-state index contributed by atoms with van der Waals surface area (Å²) in [5.41, 5.74) is 3.33. The lowest BCUT2D eigenvalue weighted by Gasteiger charge is -2.24. The number of carbonyl (C=O) groups is 1. The molecule has 0 unspecified atom stereocenters. The van der Waals surface area contributed by atoms with Crippen LogP contribution in [0.5, 0.6) is 5.75 Å². The molecule has 0 fully saturated rings. The predicted octanol–water partition coefficient (Wildman–Crippen LogP) is 6.52. The highest BCUT2D eigenvalue weighted by atomic mass is 79.9. The molecule has 0 saturated heterocycles. The minimum atomic E-state index is -0.640. The molecule has 5 rings (SSSR count). The molecule has 1 aliphatic rings. The average molecular weight is 670 g/mol. The van der Waals surface area contributed by atoms with Crippen molar-refractivity contribution in [2.45, 2.75) is 31.4 Å². The number of benzene rings is 3. The molecular formula is C31H26BrClN2O4S2. The van der Waals surface area contributed by atoms with Crippen LogP contribution in [-0.2, 0) is 16.1 Å². The van der Waals surface area contributed by atoms with Crippen LogP contribution >= 0.6 is 50.6 Å². The molecule has 0 spiro atoms. The summed E-state index contributed by atoms with van der Waals surface area (Å²) in [6, 6.07) is 20.4. The van der Waals surface area contributed by atoms with Crippen molar-refractivity contribution in [2.24, 2.45) is 4.99 Å². The highest BCUT2D eigenvalue weighted by Crippen LogP contribution is 2.32. The van der Waals surface area contributed by atoms with E-state index in [1.165, 1.54) is 11.3 Å². The number of fused-ring (bicyclic) bond motifs is 1. The monoisotopic (exact) mass is 668 g/mol. The van der Waals surface area contributed by atoms with Crippen molar-refractivity contribution in [3.05, 3.63) is 124 Å². The number of rotatable bonds is 8. The van der Waals surface area contributed by atoms with Crippen LogP contribution in [0.15, 0.2) is 97.2 Å². The summed E-state index contributed by atoms with van der Waals surface area (Å²) >= 11 is 12.5. The number of thioether (sulfide) groups is 1. The average Bonchev–Trinajstić information content (AvgIpc) is 3.26. The standard InChI is InChI=1S/C31H26BrClN2O4S2/c1-4-38-30(37)27-18(2)34-31-35(28(27)21-8-12-23(40-3)13-9-21)29(36)26(41-31)16-20-7-14-25(24(32)15-20)39-17-19-5-10-22(33)11-6-19/h5-16,28H,4,17H2,1-3H3/b26-16-/t28-/m0/s1. The molecule has 41 heavy (non-hydrogen) atoms. The molecule has 1 atom stereocenters. The zero-order chi connectivity index (χ0) is 29.1. The zero-order valence-electron chi connectivity index (χ0n) is 22.5. The van der Waals surface area contributed by atoms with E-state index in [1.807, 2.05) is 79.1 Å². The van der Waals surface area contributed by atoms with Gasteiger partial charge in [0.1, 0.15) is 12.4 Å². The maximum Gasteiger partial charge on any atom is 0.338 e. The zero-order valence-corrected chi connectivity index (χ0v) is 26.5. The molecule has 2 heterocycles. The second-order valence-corrected chi connectivity index (χ2v) is 12.4. The highest BCUT2D eigenvalue weighted by Gasteiger charge is 2.33. The fourth-order valence-electron chi connectivity index (χ4n) is 4.51. The summed E-state index contributed by atoms with van der Waals surface area (Å²) in [6.07, 6.45) is 3.83. The van der Waals surface area contributed by atoms with E-state index in [9.17, 15) is 9.59 Å². The second-order valence-electron chi connectivity index (χ2n) is 9.18. The maximum atomic E-state index is 13.9. The Bertz CT molecular complexity index is 1810. The quantitative estimate of drug-likeness (QED) is 0.158. The van der Waals surface area contributed by atoms with Crippen molar-refractivity contribution in [3.63, 3.8) is 0 Å². The van der Waals surface area contributed by atoms with Gasteiger partial charge in [0.2, 0.25) is 0 Å². The third-order valence-electron chi connectivity index (χ3n) is 6.51. The minimum Gasteiger partial charge on any atom is -0.488 e. The topological polar surface area (TPSA) is 69.9 Å². The Labute approximate surface area is 259 Å². The number of ether oxygens (including phenoxy) is 2. The molecule has 10 heteroatoms. The number of esters is 1. The smallest absolute Gasteiger partial charge is 0.338 e. The SMILES string of the molecule is CCOC(=O)C1=C(C)N=c2s/c(=C\c3ccc(OCc4ccc(Cl)cc4)c(Br)c3)c(=O)n2[C@H]1c1ccc(SC)cc1. The summed E-state index contributed by atoms with van der Waals surface area (Å²) in [5.74, 6) is 0.210. The summed E-state index contributed by atoms with van der Waals surface area (Å²) in [7, 11) is 0. The molecule has 1 aliphatic heterocycles. The number of halogens is 2. The van der Waals surface area contributed by atoms with Crippen LogP contribution in [0.1, 0.15) is 36.6 Å². The van der Waals surface area contributed by atoms with Crippen molar-refractivity contribution < 1.29 is 14.3 Å². The van der Waals surface area contributed by atoms with Crippen molar-refractivity contribution in [1.82, 2.24) is 4.57 Å². The van der Waals surface area contributed by atoms with Gasteiger partial charge < -0.3 is 9.47 Å². The molecule has 0 aliphatic carbocycles. The fraction of sp³-hybridized carbons (Fsp3) is 0.194. The van der Waals surface area contributed by atoms with E-state index in [0.717, 1.165) is 26.1 Å². The van der Waals surface area contributed by atoms with Crippen LogP contribution in [0.25, 0.3) is 6.08 Å². The first-order valence-corrected chi connectivity index (χ1v) is 16.0. The van der Waals surface area contributed by atoms with Crippen LogP contribution in [0.2, 0.25) is 5.02 Å².